The maximum absolute atomic E-state index is 10.8. The first-order chi connectivity index (χ1) is 8.27. The van der Waals surface area contributed by atoms with E-state index in [1.54, 1.807) is 14.0 Å². The quantitative estimate of drug-likeness (QED) is 0.843. The zero-order chi connectivity index (χ0) is 13.9. The molecular weight excluding hydrogens is 230 g/mol. The van der Waals surface area contributed by atoms with Gasteiger partial charge in [-0.25, -0.2) is 0 Å². The van der Waals surface area contributed by atoms with Crippen molar-refractivity contribution in [2.45, 2.75) is 38.6 Å². The van der Waals surface area contributed by atoms with Gasteiger partial charge in [-0.1, -0.05) is 19.9 Å². The number of carboxylic acid groups (broad SMARTS) is 1. The number of aliphatic carboxylic acids is 1. The largest absolute Gasteiger partial charge is 0.496 e. The maximum atomic E-state index is 10.8. The van der Waals surface area contributed by atoms with Crippen LogP contribution in [0.1, 0.15) is 44.2 Å². The summed E-state index contributed by atoms with van der Waals surface area (Å²) in [5.74, 6) is 0.197. The Kier molecular flexibility index (Phi) is 4.35. The Morgan fingerprint density at radius 3 is 2.56 bits per heavy atom. The number of hydrogen-bond acceptors (Lipinski definition) is 3. The van der Waals surface area contributed by atoms with Crippen molar-refractivity contribution >= 4 is 5.97 Å². The Morgan fingerprint density at radius 1 is 1.50 bits per heavy atom. The van der Waals surface area contributed by atoms with Crippen molar-refractivity contribution in [3.8, 4) is 5.75 Å². The summed E-state index contributed by atoms with van der Waals surface area (Å²) in [7, 11) is 1.62. The fraction of sp³-hybridized carbons (Fsp3) is 0.500. The van der Waals surface area contributed by atoms with Crippen LogP contribution in [0.3, 0.4) is 0 Å². The average molecular weight is 251 g/mol. The van der Waals surface area contributed by atoms with E-state index >= 15 is 0 Å². The van der Waals surface area contributed by atoms with Gasteiger partial charge in [0.1, 0.15) is 5.75 Å². The van der Waals surface area contributed by atoms with E-state index in [1.165, 1.54) is 0 Å². The number of rotatable bonds is 5. The lowest BCUT2D eigenvalue weighted by molar-refractivity contribution is -0.138. The number of carboxylic acids is 1. The number of nitrogens with two attached hydrogens (primary N) is 1. The molecule has 0 heterocycles. The zero-order valence-corrected chi connectivity index (χ0v) is 11.4. The first-order valence-electron chi connectivity index (χ1n) is 5.97. The van der Waals surface area contributed by atoms with Gasteiger partial charge in [-0.05, 0) is 36.1 Å². The molecule has 0 amide bonds. The molecule has 3 N–H and O–H groups in total. The van der Waals surface area contributed by atoms with Crippen molar-refractivity contribution in [2.75, 3.05) is 7.11 Å². The zero-order valence-electron chi connectivity index (χ0n) is 11.4. The molecule has 1 aromatic carbocycles. The molecule has 1 unspecified atom stereocenters. The Bertz CT molecular complexity index is 439. The van der Waals surface area contributed by atoms with Crippen LogP contribution in [0.15, 0.2) is 18.2 Å². The van der Waals surface area contributed by atoms with Crippen LogP contribution in [0.5, 0.6) is 5.75 Å². The Morgan fingerprint density at radius 2 is 2.11 bits per heavy atom. The molecule has 0 aliphatic rings. The van der Waals surface area contributed by atoms with Crippen LogP contribution in [-0.2, 0) is 10.3 Å². The molecule has 0 bridgehead atoms. The van der Waals surface area contributed by atoms with Crippen LogP contribution < -0.4 is 10.5 Å². The van der Waals surface area contributed by atoms with Crippen LogP contribution in [-0.4, -0.2) is 18.2 Å². The first-order valence-corrected chi connectivity index (χ1v) is 5.97. The van der Waals surface area contributed by atoms with Gasteiger partial charge in [0.2, 0.25) is 0 Å². The normalized spacial score (nSPS) is 14.3. The van der Waals surface area contributed by atoms with Gasteiger partial charge in [-0.2, -0.15) is 0 Å². The second kappa shape index (κ2) is 5.40. The van der Waals surface area contributed by atoms with Gasteiger partial charge in [0.25, 0.3) is 0 Å². The van der Waals surface area contributed by atoms with Crippen molar-refractivity contribution in [1.29, 1.82) is 0 Å². The first kappa shape index (κ1) is 14.5. The average Bonchev–Trinajstić information content (AvgIpc) is 2.26. The Labute approximate surface area is 108 Å². The monoisotopic (exact) mass is 251 g/mol. The Balaban J connectivity index is 3.19. The van der Waals surface area contributed by atoms with Gasteiger partial charge in [0, 0.05) is 5.54 Å². The van der Waals surface area contributed by atoms with E-state index < -0.39 is 11.5 Å². The van der Waals surface area contributed by atoms with E-state index in [4.69, 9.17) is 15.6 Å². The van der Waals surface area contributed by atoms with Gasteiger partial charge < -0.3 is 15.6 Å². The standard InChI is InChI=1S/C14H21NO3/c1-9(2)11-7-10(5-6-12(11)18-4)14(3,15)8-13(16)17/h5-7,9H,8,15H2,1-4H3,(H,16,17). The predicted octanol–water partition coefficient (Wildman–Crippen LogP) is 2.47. The minimum absolute atomic E-state index is 0.100. The lowest BCUT2D eigenvalue weighted by Gasteiger charge is -2.25. The molecule has 18 heavy (non-hydrogen) atoms. The molecule has 0 aliphatic carbocycles. The highest BCUT2D eigenvalue weighted by atomic mass is 16.5. The van der Waals surface area contributed by atoms with E-state index in [1.807, 2.05) is 18.2 Å². The van der Waals surface area contributed by atoms with E-state index in [0.717, 1.165) is 16.9 Å². The summed E-state index contributed by atoms with van der Waals surface area (Å²) in [5, 5.41) is 8.88. The van der Waals surface area contributed by atoms with Gasteiger partial charge >= 0.3 is 5.97 Å². The van der Waals surface area contributed by atoms with Crippen molar-refractivity contribution in [1.82, 2.24) is 0 Å². The molecular formula is C14H21NO3. The molecule has 1 atom stereocenters. The number of methoxy groups -OCH3 is 1. The number of hydrogen-bond donors (Lipinski definition) is 2. The van der Waals surface area contributed by atoms with Gasteiger partial charge in [0.05, 0.1) is 13.5 Å². The fourth-order valence-corrected chi connectivity index (χ4v) is 1.96. The molecule has 0 fully saturated rings. The summed E-state index contributed by atoms with van der Waals surface area (Å²) in [5.41, 5.74) is 7.06. The minimum atomic E-state index is -0.901. The predicted molar refractivity (Wildman–Crippen MR) is 70.9 cm³/mol. The molecule has 1 rings (SSSR count). The topological polar surface area (TPSA) is 72.5 Å². The third-order valence-electron chi connectivity index (χ3n) is 3.03. The molecule has 0 spiro atoms. The van der Waals surface area contributed by atoms with E-state index in [-0.39, 0.29) is 6.42 Å². The molecule has 0 saturated carbocycles. The second-order valence-corrected chi connectivity index (χ2v) is 5.10. The fourth-order valence-electron chi connectivity index (χ4n) is 1.96. The van der Waals surface area contributed by atoms with Crippen molar-refractivity contribution < 1.29 is 14.6 Å². The van der Waals surface area contributed by atoms with Gasteiger partial charge in [-0.3, -0.25) is 4.79 Å². The second-order valence-electron chi connectivity index (χ2n) is 5.10. The molecule has 0 aromatic heterocycles. The smallest absolute Gasteiger partial charge is 0.305 e. The maximum Gasteiger partial charge on any atom is 0.305 e. The third-order valence-corrected chi connectivity index (χ3v) is 3.03. The lowest BCUT2D eigenvalue weighted by atomic mass is 9.87. The summed E-state index contributed by atoms with van der Waals surface area (Å²) in [6.45, 7) is 5.85. The third kappa shape index (κ3) is 3.23. The summed E-state index contributed by atoms with van der Waals surface area (Å²) >= 11 is 0. The van der Waals surface area contributed by atoms with Crippen LogP contribution >= 0.6 is 0 Å². The highest BCUT2D eigenvalue weighted by molar-refractivity contribution is 5.69. The van der Waals surface area contributed by atoms with E-state index in [2.05, 4.69) is 13.8 Å². The number of carbonyl (C=O) groups is 1. The lowest BCUT2D eigenvalue weighted by Crippen LogP contribution is -2.35. The summed E-state index contributed by atoms with van der Waals surface area (Å²) < 4.78 is 5.30. The molecule has 1 aromatic rings. The number of ether oxygens (including phenoxy) is 1. The van der Waals surface area contributed by atoms with Crippen LogP contribution in [0, 0.1) is 0 Å². The highest BCUT2D eigenvalue weighted by Crippen LogP contribution is 2.31. The molecule has 0 aliphatic heterocycles. The summed E-state index contributed by atoms with van der Waals surface area (Å²) in [4.78, 5) is 10.8. The molecule has 0 saturated heterocycles. The molecule has 0 radical (unpaired) electrons. The van der Waals surface area contributed by atoms with E-state index in [0.29, 0.717) is 5.92 Å². The van der Waals surface area contributed by atoms with Crippen molar-refractivity contribution in [3.63, 3.8) is 0 Å². The highest BCUT2D eigenvalue weighted by Gasteiger charge is 2.26. The molecule has 4 nitrogen and oxygen atoms in total. The number of benzene rings is 1. The van der Waals surface area contributed by atoms with Crippen LogP contribution in [0.4, 0.5) is 0 Å². The van der Waals surface area contributed by atoms with Gasteiger partial charge in [0.15, 0.2) is 0 Å². The Hall–Kier alpha value is -1.55. The molecule has 100 valence electrons. The summed E-state index contributed by atoms with van der Waals surface area (Å²) in [6, 6.07) is 5.61. The SMILES string of the molecule is COc1ccc(C(C)(N)CC(=O)O)cc1C(C)C. The summed E-state index contributed by atoms with van der Waals surface area (Å²) in [6.07, 6.45) is -0.100. The van der Waals surface area contributed by atoms with Crippen LogP contribution in [0.2, 0.25) is 0 Å². The van der Waals surface area contributed by atoms with Crippen molar-refractivity contribution in [2.24, 2.45) is 5.73 Å². The molecule has 4 heteroatoms. The van der Waals surface area contributed by atoms with Crippen LogP contribution in [0.25, 0.3) is 0 Å². The van der Waals surface area contributed by atoms with Crippen molar-refractivity contribution in [3.05, 3.63) is 29.3 Å². The van der Waals surface area contributed by atoms with E-state index in [9.17, 15) is 4.79 Å². The van der Waals surface area contributed by atoms with Gasteiger partial charge in [-0.15, -0.1) is 0 Å². The minimum Gasteiger partial charge on any atom is -0.496 e.